The number of benzene rings is 1. The van der Waals surface area contributed by atoms with Gasteiger partial charge in [0.1, 0.15) is 5.82 Å². The van der Waals surface area contributed by atoms with Crippen molar-refractivity contribution in [1.29, 1.82) is 0 Å². The number of aromatic nitrogens is 1. The summed E-state index contributed by atoms with van der Waals surface area (Å²) >= 11 is 5.88. The molecule has 20 heavy (non-hydrogen) atoms. The Hall–Kier alpha value is -1.79. The van der Waals surface area contributed by atoms with Crippen LogP contribution in [0.2, 0.25) is 5.02 Å². The minimum atomic E-state index is -3.67. The minimum Gasteiger partial charge on any atom is -0.373 e. The predicted molar refractivity (Wildman–Crippen MR) is 80.8 cm³/mol. The van der Waals surface area contributed by atoms with Crippen LogP contribution in [0.15, 0.2) is 41.4 Å². The van der Waals surface area contributed by atoms with Crippen LogP contribution >= 0.6 is 11.6 Å². The van der Waals surface area contributed by atoms with Crippen LogP contribution in [-0.2, 0) is 10.0 Å². The van der Waals surface area contributed by atoms with Crippen molar-refractivity contribution >= 4 is 33.1 Å². The van der Waals surface area contributed by atoms with Crippen molar-refractivity contribution in [2.24, 2.45) is 0 Å². The molecule has 2 aromatic rings. The van der Waals surface area contributed by atoms with Gasteiger partial charge in [0.2, 0.25) is 0 Å². The third-order valence-electron chi connectivity index (χ3n) is 2.74. The quantitative estimate of drug-likeness (QED) is 0.911. The summed E-state index contributed by atoms with van der Waals surface area (Å²) in [5, 5.41) is 3.27. The minimum absolute atomic E-state index is 0.135. The zero-order valence-corrected chi connectivity index (χ0v) is 12.6. The fourth-order valence-electron chi connectivity index (χ4n) is 1.62. The van der Waals surface area contributed by atoms with Crippen LogP contribution in [0, 0.1) is 6.92 Å². The summed E-state index contributed by atoms with van der Waals surface area (Å²) in [6.45, 7) is 1.81. The van der Waals surface area contributed by atoms with Crippen LogP contribution in [0.1, 0.15) is 5.56 Å². The number of rotatable bonds is 4. The van der Waals surface area contributed by atoms with Gasteiger partial charge in [-0.3, -0.25) is 4.72 Å². The Morgan fingerprint density at radius 2 is 1.95 bits per heavy atom. The van der Waals surface area contributed by atoms with E-state index in [0.29, 0.717) is 16.5 Å². The molecule has 1 aromatic carbocycles. The van der Waals surface area contributed by atoms with E-state index in [-0.39, 0.29) is 4.90 Å². The van der Waals surface area contributed by atoms with Gasteiger partial charge in [-0.25, -0.2) is 13.4 Å². The Labute approximate surface area is 123 Å². The summed E-state index contributed by atoms with van der Waals surface area (Å²) in [4.78, 5) is 4.12. The third kappa shape index (κ3) is 3.20. The van der Waals surface area contributed by atoms with Gasteiger partial charge in [-0.2, -0.15) is 0 Å². The molecule has 5 nitrogen and oxygen atoms in total. The van der Waals surface area contributed by atoms with Gasteiger partial charge in [-0.05, 0) is 30.7 Å². The number of hydrogen-bond donors (Lipinski definition) is 2. The second-order valence-corrected chi connectivity index (χ2v) is 6.31. The second kappa shape index (κ2) is 5.68. The number of nitrogens with zero attached hydrogens (tertiary/aromatic N) is 1. The van der Waals surface area contributed by atoms with Gasteiger partial charge in [0.05, 0.1) is 10.6 Å². The van der Waals surface area contributed by atoms with Gasteiger partial charge in [-0.1, -0.05) is 17.7 Å². The third-order valence-corrected chi connectivity index (χ3v) is 4.34. The Balaban J connectivity index is 2.38. The second-order valence-electron chi connectivity index (χ2n) is 4.19. The number of pyridine rings is 1. The van der Waals surface area contributed by atoms with Gasteiger partial charge in [0, 0.05) is 24.3 Å². The molecule has 0 saturated heterocycles. The molecule has 0 atom stereocenters. The summed E-state index contributed by atoms with van der Waals surface area (Å²) in [5.41, 5.74) is 1.25. The first-order valence-electron chi connectivity index (χ1n) is 5.85. The van der Waals surface area contributed by atoms with Crippen molar-refractivity contribution in [1.82, 2.24) is 4.98 Å². The van der Waals surface area contributed by atoms with Crippen molar-refractivity contribution in [2.75, 3.05) is 17.1 Å². The average molecular weight is 312 g/mol. The van der Waals surface area contributed by atoms with Crippen molar-refractivity contribution in [3.05, 3.63) is 47.1 Å². The van der Waals surface area contributed by atoms with Gasteiger partial charge < -0.3 is 5.32 Å². The first-order valence-corrected chi connectivity index (χ1v) is 7.71. The molecule has 7 heteroatoms. The molecule has 1 heterocycles. The Morgan fingerprint density at radius 1 is 1.20 bits per heavy atom. The molecule has 0 aliphatic rings. The summed E-state index contributed by atoms with van der Waals surface area (Å²) in [6, 6.07) is 7.94. The van der Waals surface area contributed by atoms with Gasteiger partial charge in [0.25, 0.3) is 10.0 Å². The number of hydrogen-bond acceptors (Lipinski definition) is 4. The maximum atomic E-state index is 12.3. The molecule has 0 aliphatic heterocycles. The summed E-state index contributed by atoms with van der Waals surface area (Å²) < 4.78 is 27.2. The Kier molecular flexibility index (Phi) is 4.15. The van der Waals surface area contributed by atoms with Gasteiger partial charge >= 0.3 is 0 Å². The van der Waals surface area contributed by atoms with E-state index in [0.717, 1.165) is 5.56 Å². The fraction of sp³-hybridized carbons (Fsp3) is 0.154. The van der Waals surface area contributed by atoms with Crippen molar-refractivity contribution in [2.45, 2.75) is 11.8 Å². The number of sulfonamides is 1. The molecule has 0 spiro atoms. The molecule has 0 aliphatic carbocycles. The molecular weight excluding hydrogens is 298 g/mol. The summed E-state index contributed by atoms with van der Waals surface area (Å²) in [7, 11) is -2.00. The lowest BCUT2D eigenvalue weighted by atomic mass is 10.2. The predicted octanol–water partition coefficient (Wildman–Crippen LogP) is 2.89. The van der Waals surface area contributed by atoms with Crippen molar-refractivity contribution < 1.29 is 8.42 Å². The number of aryl methyl sites for hydroxylation is 1. The molecule has 0 radical (unpaired) electrons. The first kappa shape index (κ1) is 14.6. The lowest BCUT2D eigenvalue weighted by Crippen LogP contribution is -2.14. The van der Waals surface area contributed by atoms with E-state index in [1.807, 2.05) is 0 Å². The summed E-state index contributed by atoms with van der Waals surface area (Å²) in [6.07, 6.45) is 1.44. The van der Waals surface area contributed by atoms with E-state index in [4.69, 9.17) is 11.6 Å². The molecule has 2 rings (SSSR count). The normalized spacial score (nSPS) is 11.2. The summed E-state index contributed by atoms with van der Waals surface area (Å²) in [5.74, 6) is 0.482. The molecule has 2 N–H and O–H groups in total. The molecule has 0 fully saturated rings. The monoisotopic (exact) mass is 311 g/mol. The zero-order chi connectivity index (χ0) is 14.8. The van der Waals surface area contributed by atoms with Gasteiger partial charge in [0.15, 0.2) is 0 Å². The zero-order valence-electron chi connectivity index (χ0n) is 11.0. The van der Waals surface area contributed by atoms with Crippen LogP contribution in [-0.4, -0.2) is 20.4 Å². The molecule has 0 bridgehead atoms. The highest BCUT2D eigenvalue weighted by molar-refractivity contribution is 7.92. The lowest BCUT2D eigenvalue weighted by Gasteiger charge is -2.11. The maximum absolute atomic E-state index is 12.3. The highest BCUT2D eigenvalue weighted by Gasteiger charge is 2.16. The number of halogens is 1. The van der Waals surface area contributed by atoms with Crippen LogP contribution < -0.4 is 10.0 Å². The smallest absolute Gasteiger partial charge is 0.262 e. The highest BCUT2D eigenvalue weighted by Crippen LogP contribution is 2.23. The van der Waals surface area contributed by atoms with Gasteiger partial charge in [-0.15, -0.1) is 0 Å². The molecule has 106 valence electrons. The SMILES string of the molecule is CNc1cc(S(=O)(=O)Nc2cc(Cl)ccc2C)ccn1. The standard InChI is InChI=1S/C13H14ClN3O2S/c1-9-3-4-10(14)7-12(9)17-20(18,19)11-5-6-16-13(8-11)15-2/h3-8,17H,1-2H3,(H,15,16). The topological polar surface area (TPSA) is 71.1 Å². The molecule has 0 unspecified atom stereocenters. The van der Waals surface area contributed by atoms with Crippen LogP contribution in [0.4, 0.5) is 11.5 Å². The van der Waals surface area contributed by atoms with Crippen LogP contribution in [0.3, 0.4) is 0 Å². The molecular formula is C13H14ClN3O2S. The number of nitrogens with one attached hydrogen (secondary N) is 2. The maximum Gasteiger partial charge on any atom is 0.262 e. The van der Waals surface area contributed by atoms with Crippen molar-refractivity contribution in [3.63, 3.8) is 0 Å². The Bertz CT molecular complexity index is 732. The van der Waals surface area contributed by atoms with Crippen LogP contribution in [0.5, 0.6) is 0 Å². The van der Waals surface area contributed by atoms with E-state index in [1.165, 1.54) is 18.3 Å². The first-order chi connectivity index (χ1) is 9.42. The molecule has 0 saturated carbocycles. The number of anilines is 2. The Morgan fingerprint density at radius 3 is 2.65 bits per heavy atom. The van der Waals surface area contributed by atoms with E-state index >= 15 is 0 Å². The largest absolute Gasteiger partial charge is 0.373 e. The highest BCUT2D eigenvalue weighted by atomic mass is 35.5. The molecule has 0 amide bonds. The lowest BCUT2D eigenvalue weighted by molar-refractivity contribution is 0.601. The van der Waals surface area contributed by atoms with Crippen molar-refractivity contribution in [3.8, 4) is 0 Å². The average Bonchev–Trinajstić information content (AvgIpc) is 2.43. The van der Waals surface area contributed by atoms with E-state index < -0.39 is 10.0 Å². The van der Waals surface area contributed by atoms with E-state index in [2.05, 4.69) is 15.0 Å². The van der Waals surface area contributed by atoms with E-state index in [1.54, 1.807) is 32.2 Å². The van der Waals surface area contributed by atoms with E-state index in [9.17, 15) is 8.42 Å². The van der Waals surface area contributed by atoms with Crippen LogP contribution in [0.25, 0.3) is 0 Å². The fourth-order valence-corrected chi connectivity index (χ4v) is 2.93. The molecule has 1 aromatic heterocycles.